The van der Waals surface area contributed by atoms with Crippen LogP contribution in [0.2, 0.25) is 0 Å². The first-order valence-electron chi connectivity index (χ1n) is 18.9. The maximum Gasteiger partial charge on any atom is 0.344 e. The number of hydrogen-bond donors (Lipinski definition) is 1. The number of ether oxygens (including phenoxy) is 2. The molecule has 0 aliphatic heterocycles. The van der Waals surface area contributed by atoms with Crippen molar-refractivity contribution in [2.24, 2.45) is 11.3 Å². The lowest BCUT2D eigenvalue weighted by Crippen LogP contribution is -2.50. The van der Waals surface area contributed by atoms with Gasteiger partial charge in [-0.15, -0.1) is 0 Å². The van der Waals surface area contributed by atoms with Crippen LogP contribution < -0.4 is 4.74 Å². The predicted molar refractivity (Wildman–Crippen MR) is 209 cm³/mol. The molecular formula is C46H52N2O4. The first-order chi connectivity index (χ1) is 24.8. The van der Waals surface area contributed by atoms with Gasteiger partial charge in [0.1, 0.15) is 23.5 Å². The van der Waals surface area contributed by atoms with Gasteiger partial charge in [-0.05, 0) is 127 Å². The number of fused-ring (bicyclic) bond motifs is 4. The van der Waals surface area contributed by atoms with Gasteiger partial charge in [0.2, 0.25) is 0 Å². The summed E-state index contributed by atoms with van der Waals surface area (Å²) in [5.41, 5.74) is 11.1. The molecule has 1 saturated carbocycles. The number of imidazole rings is 1. The zero-order valence-electron chi connectivity index (χ0n) is 31.8. The molecule has 1 heterocycles. The molecule has 6 nitrogen and oxygen atoms in total. The number of aryl methyl sites for hydroxylation is 1. The maximum atomic E-state index is 12.3. The van der Waals surface area contributed by atoms with Crippen LogP contribution in [0.5, 0.6) is 5.75 Å². The van der Waals surface area contributed by atoms with Crippen molar-refractivity contribution < 1.29 is 19.1 Å². The van der Waals surface area contributed by atoms with Crippen LogP contribution in [0.15, 0.2) is 78.9 Å². The molecule has 6 heteroatoms. The summed E-state index contributed by atoms with van der Waals surface area (Å²) in [5.74, 6) is 1.97. The second-order valence-corrected chi connectivity index (χ2v) is 17.0. The molecule has 0 spiro atoms. The maximum absolute atomic E-state index is 12.3. The molecule has 5 aromatic rings. The van der Waals surface area contributed by atoms with Crippen molar-refractivity contribution in [1.82, 2.24) is 9.97 Å². The lowest BCUT2D eigenvalue weighted by molar-refractivity contribution is -0.157. The number of hydrogen-bond acceptors (Lipinski definition) is 5. The molecule has 3 atom stereocenters. The van der Waals surface area contributed by atoms with E-state index < -0.39 is 11.6 Å². The van der Waals surface area contributed by atoms with Crippen molar-refractivity contribution in [3.63, 3.8) is 0 Å². The van der Waals surface area contributed by atoms with Crippen LogP contribution in [0.1, 0.15) is 113 Å². The van der Waals surface area contributed by atoms with E-state index in [1.54, 1.807) is 11.1 Å². The third kappa shape index (κ3) is 6.92. The first-order valence-corrected chi connectivity index (χ1v) is 18.9. The lowest BCUT2D eigenvalue weighted by atomic mass is 9.48. The predicted octanol–water partition coefficient (Wildman–Crippen LogP) is 10.8. The molecule has 0 amide bonds. The van der Waals surface area contributed by atoms with E-state index in [0.717, 1.165) is 52.7 Å². The summed E-state index contributed by atoms with van der Waals surface area (Å²) in [5, 5.41) is 0. The molecule has 0 unspecified atom stereocenters. The Balaban J connectivity index is 1.27. The van der Waals surface area contributed by atoms with Crippen molar-refractivity contribution in [3.8, 4) is 28.3 Å². The van der Waals surface area contributed by atoms with E-state index in [4.69, 9.17) is 14.5 Å². The summed E-state index contributed by atoms with van der Waals surface area (Å²) < 4.78 is 11.3. The number of carbonyl (C=O) groups excluding carboxylic acids is 2. The molecule has 1 fully saturated rings. The summed E-state index contributed by atoms with van der Waals surface area (Å²) in [6.07, 6.45) is 7.67. The van der Waals surface area contributed by atoms with Crippen molar-refractivity contribution in [2.45, 2.75) is 104 Å². The second-order valence-electron chi connectivity index (χ2n) is 17.0. The molecule has 0 saturated heterocycles. The highest BCUT2D eigenvalue weighted by Gasteiger charge is 2.52. The van der Waals surface area contributed by atoms with Gasteiger partial charge in [0.25, 0.3) is 0 Å². The van der Waals surface area contributed by atoms with E-state index in [9.17, 15) is 9.59 Å². The van der Waals surface area contributed by atoms with E-state index in [0.29, 0.717) is 23.1 Å². The quantitative estimate of drug-likeness (QED) is 0.123. The topological polar surface area (TPSA) is 81.3 Å². The number of benzene rings is 4. The Hall–Kier alpha value is -4.71. The minimum absolute atomic E-state index is 0.0573. The number of carbonyl (C=O) groups is 2. The fraction of sp³-hybridized carbons (Fsp3) is 0.413. The van der Waals surface area contributed by atoms with Gasteiger partial charge in [-0.25, -0.2) is 9.78 Å². The highest BCUT2D eigenvalue weighted by Crippen LogP contribution is 2.59. The Morgan fingerprint density at radius 3 is 2.50 bits per heavy atom. The normalized spacial score (nSPS) is 21.4. The molecule has 2 aliphatic carbocycles. The van der Waals surface area contributed by atoms with Crippen LogP contribution in [0.25, 0.3) is 33.5 Å². The number of aromatic amines is 1. The van der Waals surface area contributed by atoms with Crippen molar-refractivity contribution in [2.75, 3.05) is 6.61 Å². The molecule has 2 aliphatic rings. The standard InChI is InChI=1S/C46H52N2O4/c1-29(2)32-16-19-38-33(24-32)17-21-40-45(6,22-9-23-46(38,40)7)26-37-36(31-14-12-30(27-49)13-15-31)18-20-39-42(37)48-43(47-39)34-10-8-11-35(25-34)51-28-41(50)52-44(3,4)5/h8,10-16,18-20,24-25,27,29,40H,9,17,21-23,26,28H2,1-7H3,(H,47,48)/t40-,45+,46+/m0/s1. The molecule has 52 heavy (non-hydrogen) atoms. The highest BCUT2D eigenvalue weighted by atomic mass is 16.6. The molecule has 0 bridgehead atoms. The number of esters is 1. The van der Waals surface area contributed by atoms with Gasteiger partial charge < -0.3 is 14.5 Å². The van der Waals surface area contributed by atoms with E-state index in [-0.39, 0.29) is 17.4 Å². The molecule has 1 aromatic heterocycles. The monoisotopic (exact) mass is 696 g/mol. The Labute approximate surface area is 308 Å². The van der Waals surface area contributed by atoms with E-state index >= 15 is 0 Å². The molecule has 270 valence electrons. The summed E-state index contributed by atoms with van der Waals surface area (Å²) in [6, 6.07) is 27.2. The van der Waals surface area contributed by atoms with Gasteiger partial charge in [-0.2, -0.15) is 0 Å². The van der Waals surface area contributed by atoms with E-state index in [1.165, 1.54) is 36.8 Å². The van der Waals surface area contributed by atoms with Crippen LogP contribution in [0, 0.1) is 11.3 Å². The highest BCUT2D eigenvalue weighted by molar-refractivity contribution is 5.90. The summed E-state index contributed by atoms with van der Waals surface area (Å²) in [4.78, 5) is 32.8. The van der Waals surface area contributed by atoms with Crippen LogP contribution in [0.3, 0.4) is 0 Å². The van der Waals surface area contributed by atoms with Crippen molar-refractivity contribution in [1.29, 1.82) is 0 Å². The smallest absolute Gasteiger partial charge is 0.344 e. The molecule has 1 N–H and O–H groups in total. The van der Waals surface area contributed by atoms with Crippen LogP contribution >= 0.6 is 0 Å². The number of nitrogens with zero attached hydrogens (tertiary/aromatic N) is 1. The largest absolute Gasteiger partial charge is 0.482 e. The van der Waals surface area contributed by atoms with Gasteiger partial charge in [0, 0.05) is 11.1 Å². The molecule has 7 rings (SSSR count). The fourth-order valence-electron chi connectivity index (χ4n) is 9.32. The van der Waals surface area contributed by atoms with Gasteiger partial charge in [-0.1, -0.05) is 94.8 Å². The Kier molecular flexibility index (Phi) is 9.39. The third-order valence-corrected chi connectivity index (χ3v) is 11.7. The second kappa shape index (κ2) is 13.7. The zero-order chi connectivity index (χ0) is 36.8. The van der Waals surface area contributed by atoms with Crippen molar-refractivity contribution in [3.05, 3.63) is 107 Å². The van der Waals surface area contributed by atoms with Crippen LogP contribution in [-0.2, 0) is 27.8 Å². The van der Waals surface area contributed by atoms with Gasteiger partial charge >= 0.3 is 5.97 Å². The Morgan fingerprint density at radius 2 is 1.77 bits per heavy atom. The van der Waals surface area contributed by atoms with Crippen LogP contribution in [0.4, 0.5) is 0 Å². The minimum Gasteiger partial charge on any atom is -0.482 e. The fourth-order valence-corrected chi connectivity index (χ4v) is 9.32. The Bertz CT molecular complexity index is 2120. The number of rotatable bonds is 9. The number of H-pyrrole nitrogens is 1. The first kappa shape index (κ1) is 35.7. The average molecular weight is 697 g/mol. The zero-order valence-corrected chi connectivity index (χ0v) is 31.8. The van der Waals surface area contributed by atoms with E-state index in [2.05, 4.69) is 75.1 Å². The number of nitrogens with one attached hydrogen (secondary N) is 1. The third-order valence-electron chi connectivity index (χ3n) is 11.7. The van der Waals surface area contributed by atoms with Crippen molar-refractivity contribution >= 4 is 23.3 Å². The number of aromatic nitrogens is 2. The molecule has 0 radical (unpaired) electrons. The average Bonchev–Trinajstić information content (AvgIpc) is 3.55. The molecular weight excluding hydrogens is 645 g/mol. The minimum atomic E-state index is -0.573. The SMILES string of the molecule is CC(C)c1ccc2c(c1)CC[C@H]1[C@@](C)(Cc3c(-c4ccc(C=O)cc4)ccc4[nH]c(-c5cccc(OCC(=O)OC(C)(C)C)c5)nc34)CCC[C@]21C. The summed E-state index contributed by atoms with van der Waals surface area (Å²) >= 11 is 0. The van der Waals surface area contributed by atoms with Crippen LogP contribution in [-0.4, -0.2) is 34.4 Å². The number of aldehydes is 1. The summed E-state index contributed by atoms with van der Waals surface area (Å²) in [6.45, 7) is 15.0. The van der Waals surface area contributed by atoms with Gasteiger partial charge in [-0.3, -0.25) is 4.79 Å². The lowest BCUT2D eigenvalue weighted by Gasteiger charge is -2.56. The van der Waals surface area contributed by atoms with Gasteiger partial charge in [0.05, 0.1) is 11.0 Å². The summed E-state index contributed by atoms with van der Waals surface area (Å²) in [7, 11) is 0. The molecule has 4 aromatic carbocycles. The van der Waals surface area contributed by atoms with E-state index in [1.807, 2.05) is 57.2 Å². The Morgan fingerprint density at radius 1 is 0.981 bits per heavy atom. The van der Waals surface area contributed by atoms with Gasteiger partial charge in [0.15, 0.2) is 6.61 Å².